The molecule has 30 heavy (non-hydrogen) atoms. The van der Waals surface area contributed by atoms with Crippen LogP contribution in [0.3, 0.4) is 0 Å². The summed E-state index contributed by atoms with van der Waals surface area (Å²) >= 11 is 1.40. The number of likely N-dealkylation sites (tertiary alicyclic amines) is 1. The minimum Gasteiger partial charge on any atom is -0.444 e. The van der Waals surface area contributed by atoms with Gasteiger partial charge in [-0.1, -0.05) is 30.3 Å². The van der Waals surface area contributed by atoms with Gasteiger partial charge in [-0.2, -0.15) is 0 Å². The summed E-state index contributed by atoms with van der Waals surface area (Å²) in [6.45, 7) is 7.91. The lowest BCUT2D eigenvalue weighted by molar-refractivity contribution is -0.116. The molecule has 7 nitrogen and oxygen atoms in total. The van der Waals surface area contributed by atoms with Gasteiger partial charge in [0.1, 0.15) is 5.60 Å². The van der Waals surface area contributed by atoms with Crippen molar-refractivity contribution in [2.45, 2.75) is 51.8 Å². The molecule has 1 saturated heterocycles. The molecule has 0 spiro atoms. The third-order valence-corrected chi connectivity index (χ3v) is 5.58. The molecule has 2 aromatic rings. The molecule has 2 atom stereocenters. The van der Waals surface area contributed by atoms with Crippen LogP contribution in [0.4, 0.5) is 9.93 Å². The van der Waals surface area contributed by atoms with Gasteiger partial charge in [0.25, 0.3) is 0 Å². The molecule has 0 bridgehead atoms. The van der Waals surface area contributed by atoms with Crippen molar-refractivity contribution in [2.75, 3.05) is 18.4 Å². The number of alkyl carbamates (subject to hydrolysis) is 1. The molecule has 8 heteroatoms. The van der Waals surface area contributed by atoms with E-state index in [-0.39, 0.29) is 17.9 Å². The second-order valence-electron chi connectivity index (χ2n) is 8.62. The average molecular weight is 431 g/mol. The van der Waals surface area contributed by atoms with Crippen molar-refractivity contribution in [3.63, 3.8) is 0 Å². The van der Waals surface area contributed by atoms with Crippen molar-refractivity contribution < 1.29 is 14.3 Å². The number of anilines is 1. The van der Waals surface area contributed by atoms with Crippen molar-refractivity contribution in [1.29, 1.82) is 0 Å². The Hall–Kier alpha value is -2.45. The van der Waals surface area contributed by atoms with Gasteiger partial charge in [-0.15, -0.1) is 11.3 Å². The monoisotopic (exact) mass is 430 g/mol. The van der Waals surface area contributed by atoms with E-state index in [1.54, 1.807) is 6.20 Å². The Bertz CT molecular complexity index is 821. The molecule has 0 saturated carbocycles. The molecule has 162 valence electrons. The number of ether oxygens (including phenoxy) is 1. The summed E-state index contributed by atoms with van der Waals surface area (Å²) in [6.07, 6.45) is 2.32. The minimum absolute atomic E-state index is 0.0533. The number of carbonyl (C=O) groups is 2. The van der Waals surface area contributed by atoms with E-state index >= 15 is 0 Å². The lowest BCUT2D eigenvalue weighted by Crippen LogP contribution is -2.43. The van der Waals surface area contributed by atoms with Crippen LogP contribution in [0.25, 0.3) is 0 Å². The van der Waals surface area contributed by atoms with Gasteiger partial charge in [-0.3, -0.25) is 9.69 Å². The number of amides is 2. The SMILES string of the molecule is CC(C)(C)OC(=O)N[C@H]1CN(Cc2ccccc2)C[C@H]1CCC(=O)Nc1nccs1. The molecular weight excluding hydrogens is 400 g/mol. The highest BCUT2D eigenvalue weighted by Crippen LogP contribution is 2.24. The topological polar surface area (TPSA) is 83.6 Å². The third-order valence-electron chi connectivity index (χ3n) is 4.89. The second-order valence-corrected chi connectivity index (χ2v) is 9.51. The van der Waals surface area contributed by atoms with Crippen molar-refractivity contribution in [3.8, 4) is 0 Å². The maximum absolute atomic E-state index is 12.3. The first kappa shape index (κ1) is 22.2. The second kappa shape index (κ2) is 10.0. The maximum Gasteiger partial charge on any atom is 0.407 e. The highest BCUT2D eigenvalue weighted by molar-refractivity contribution is 7.13. The van der Waals surface area contributed by atoms with E-state index in [2.05, 4.69) is 32.7 Å². The molecule has 1 fully saturated rings. The molecule has 2 N–H and O–H groups in total. The fourth-order valence-electron chi connectivity index (χ4n) is 3.63. The van der Waals surface area contributed by atoms with Crippen LogP contribution in [0.15, 0.2) is 41.9 Å². The highest BCUT2D eigenvalue weighted by atomic mass is 32.1. The maximum atomic E-state index is 12.3. The zero-order valence-corrected chi connectivity index (χ0v) is 18.6. The summed E-state index contributed by atoms with van der Waals surface area (Å²) in [4.78, 5) is 31.0. The van der Waals surface area contributed by atoms with Crippen LogP contribution < -0.4 is 10.6 Å². The van der Waals surface area contributed by atoms with Crippen molar-refractivity contribution in [2.24, 2.45) is 5.92 Å². The van der Waals surface area contributed by atoms with Crippen LogP contribution in [-0.2, 0) is 16.1 Å². The fraction of sp³-hybridized carbons (Fsp3) is 0.500. The summed E-state index contributed by atoms with van der Waals surface area (Å²) in [5.41, 5.74) is 0.686. The van der Waals surface area contributed by atoms with Gasteiger partial charge in [0.15, 0.2) is 5.13 Å². The van der Waals surface area contributed by atoms with E-state index in [1.165, 1.54) is 16.9 Å². The Morgan fingerprint density at radius 1 is 1.23 bits per heavy atom. The van der Waals surface area contributed by atoms with Gasteiger partial charge in [-0.25, -0.2) is 9.78 Å². The van der Waals surface area contributed by atoms with Crippen LogP contribution in [-0.4, -0.2) is 46.6 Å². The largest absolute Gasteiger partial charge is 0.444 e. The normalized spacial score (nSPS) is 19.4. The first-order valence-electron chi connectivity index (χ1n) is 10.2. The Morgan fingerprint density at radius 2 is 2.00 bits per heavy atom. The number of thiazole rings is 1. The van der Waals surface area contributed by atoms with Crippen LogP contribution in [0, 0.1) is 5.92 Å². The zero-order chi connectivity index (χ0) is 21.6. The van der Waals surface area contributed by atoms with Gasteiger partial charge in [0.05, 0.1) is 0 Å². The van der Waals surface area contributed by atoms with Crippen LogP contribution in [0.5, 0.6) is 0 Å². The number of aromatic nitrogens is 1. The molecule has 2 amide bonds. The quantitative estimate of drug-likeness (QED) is 0.696. The number of hydrogen-bond acceptors (Lipinski definition) is 6. The third kappa shape index (κ3) is 7.11. The highest BCUT2D eigenvalue weighted by Gasteiger charge is 2.34. The zero-order valence-electron chi connectivity index (χ0n) is 17.8. The molecule has 1 aromatic carbocycles. The molecule has 0 radical (unpaired) electrons. The Morgan fingerprint density at radius 3 is 2.67 bits per heavy atom. The Balaban J connectivity index is 1.58. The number of nitrogens with zero attached hydrogens (tertiary/aromatic N) is 2. The van der Waals surface area contributed by atoms with E-state index in [0.29, 0.717) is 18.0 Å². The van der Waals surface area contributed by atoms with Gasteiger partial charge in [-0.05, 0) is 38.7 Å². The number of benzene rings is 1. The molecule has 0 unspecified atom stereocenters. The molecule has 0 aliphatic carbocycles. The van der Waals surface area contributed by atoms with Gasteiger partial charge < -0.3 is 15.4 Å². The van der Waals surface area contributed by atoms with E-state index in [4.69, 9.17) is 4.74 Å². The fourth-order valence-corrected chi connectivity index (χ4v) is 4.17. The number of nitrogens with one attached hydrogen (secondary N) is 2. The summed E-state index contributed by atoms with van der Waals surface area (Å²) in [6, 6.07) is 10.2. The van der Waals surface area contributed by atoms with Crippen LogP contribution >= 0.6 is 11.3 Å². The van der Waals surface area contributed by atoms with Crippen molar-refractivity contribution >= 4 is 28.5 Å². The first-order chi connectivity index (χ1) is 14.3. The average Bonchev–Trinajstić information content (AvgIpc) is 3.29. The molecule has 3 rings (SSSR count). The standard InChI is InChI=1S/C22H30N4O3S/c1-22(2,3)29-21(28)24-18-15-26(13-16-7-5-4-6-8-16)14-17(18)9-10-19(27)25-20-23-11-12-30-20/h4-8,11-12,17-18H,9-10,13-15H2,1-3H3,(H,24,28)(H,23,25,27)/t17-,18+/m1/s1. The van der Waals surface area contributed by atoms with E-state index in [1.807, 2.05) is 44.4 Å². The molecule has 1 aliphatic heterocycles. The minimum atomic E-state index is -0.546. The lowest BCUT2D eigenvalue weighted by Gasteiger charge is -2.24. The predicted molar refractivity (Wildman–Crippen MR) is 118 cm³/mol. The summed E-state index contributed by atoms with van der Waals surface area (Å²) < 4.78 is 5.44. The Labute approximate surface area is 181 Å². The van der Waals surface area contributed by atoms with Gasteiger partial charge in [0, 0.05) is 43.7 Å². The van der Waals surface area contributed by atoms with Crippen LogP contribution in [0.2, 0.25) is 0 Å². The van der Waals surface area contributed by atoms with E-state index in [9.17, 15) is 9.59 Å². The predicted octanol–water partition coefficient (Wildman–Crippen LogP) is 3.89. The lowest BCUT2D eigenvalue weighted by atomic mass is 9.97. The smallest absolute Gasteiger partial charge is 0.407 e. The van der Waals surface area contributed by atoms with E-state index < -0.39 is 11.7 Å². The molecular formula is C22H30N4O3S. The van der Waals surface area contributed by atoms with Gasteiger partial charge in [0.2, 0.25) is 5.91 Å². The number of hydrogen-bond donors (Lipinski definition) is 2. The number of carbonyl (C=O) groups excluding carboxylic acids is 2. The first-order valence-corrected chi connectivity index (χ1v) is 11.1. The summed E-state index contributed by atoms with van der Waals surface area (Å²) in [7, 11) is 0. The summed E-state index contributed by atoms with van der Waals surface area (Å²) in [5, 5.41) is 8.29. The van der Waals surface area contributed by atoms with Crippen molar-refractivity contribution in [1.82, 2.24) is 15.2 Å². The molecule has 1 aromatic heterocycles. The van der Waals surface area contributed by atoms with E-state index in [0.717, 1.165) is 19.6 Å². The van der Waals surface area contributed by atoms with Crippen molar-refractivity contribution in [3.05, 3.63) is 47.5 Å². The number of rotatable bonds is 7. The van der Waals surface area contributed by atoms with Gasteiger partial charge >= 0.3 is 6.09 Å². The Kier molecular flexibility index (Phi) is 7.44. The molecule has 1 aliphatic rings. The van der Waals surface area contributed by atoms with Crippen LogP contribution in [0.1, 0.15) is 39.2 Å². The molecule has 2 heterocycles. The summed E-state index contributed by atoms with van der Waals surface area (Å²) in [5.74, 6) is 0.116.